The van der Waals surface area contributed by atoms with Crippen molar-refractivity contribution >= 4 is 17.2 Å². The van der Waals surface area contributed by atoms with Gasteiger partial charge in [0.05, 0.1) is 4.88 Å². The first kappa shape index (κ1) is 14.0. The summed E-state index contributed by atoms with van der Waals surface area (Å²) in [7, 11) is 0. The van der Waals surface area contributed by atoms with E-state index in [9.17, 15) is 4.79 Å². The number of thiophene rings is 1. The van der Waals surface area contributed by atoms with Gasteiger partial charge in [0, 0.05) is 30.6 Å². The van der Waals surface area contributed by atoms with E-state index in [1.807, 2.05) is 4.90 Å². The van der Waals surface area contributed by atoms with E-state index in [1.54, 1.807) is 11.3 Å². The highest BCUT2D eigenvalue weighted by atomic mass is 32.1. The molecule has 0 spiro atoms. The second kappa shape index (κ2) is 5.52. The van der Waals surface area contributed by atoms with Gasteiger partial charge in [0.2, 0.25) is 0 Å². The minimum absolute atomic E-state index is 0.200. The zero-order valence-electron chi connectivity index (χ0n) is 12.8. The molecule has 0 saturated carbocycles. The number of fused-ring (bicyclic) bond motifs is 3. The van der Waals surface area contributed by atoms with Crippen molar-refractivity contribution in [3.8, 4) is 10.4 Å². The van der Waals surface area contributed by atoms with Crippen LogP contribution in [0, 0.1) is 0 Å². The predicted molar refractivity (Wildman–Crippen MR) is 90.5 cm³/mol. The van der Waals surface area contributed by atoms with Crippen LogP contribution < -0.4 is 5.32 Å². The first-order chi connectivity index (χ1) is 10.7. The van der Waals surface area contributed by atoms with Gasteiger partial charge in [0.15, 0.2) is 0 Å². The molecule has 114 valence electrons. The molecular formula is C18H20N2OS. The molecule has 0 bridgehead atoms. The van der Waals surface area contributed by atoms with Crippen molar-refractivity contribution in [2.24, 2.45) is 0 Å². The van der Waals surface area contributed by atoms with Crippen molar-refractivity contribution in [3.63, 3.8) is 0 Å². The Morgan fingerprint density at radius 3 is 2.95 bits per heavy atom. The number of carbonyl (C=O) groups excluding carboxylic acids is 1. The first-order valence-corrected chi connectivity index (χ1v) is 8.78. The minimum atomic E-state index is 0.200. The van der Waals surface area contributed by atoms with Crippen LogP contribution in [0.25, 0.3) is 10.4 Å². The number of nitrogens with zero attached hydrogens (tertiary/aromatic N) is 1. The zero-order chi connectivity index (χ0) is 15.1. The molecule has 1 fully saturated rings. The fraction of sp³-hybridized carbons (Fsp3) is 0.389. The summed E-state index contributed by atoms with van der Waals surface area (Å²) in [5.41, 5.74) is 4.07. The maximum Gasteiger partial charge on any atom is 0.264 e. The smallest absolute Gasteiger partial charge is 0.264 e. The van der Waals surface area contributed by atoms with Crippen molar-refractivity contribution in [2.45, 2.75) is 25.8 Å². The summed E-state index contributed by atoms with van der Waals surface area (Å²) < 4.78 is 0. The van der Waals surface area contributed by atoms with Gasteiger partial charge in [0.25, 0.3) is 5.91 Å². The van der Waals surface area contributed by atoms with E-state index in [4.69, 9.17) is 0 Å². The van der Waals surface area contributed by atoms with Crippen molar-refractivity contribution in [3.05, 3.63) is 46.3 Å². The normalized spacial score (nSPS) is 20.4. The summed E-state index contributed by atoms with van der Waals surface area (Å²) in [4.78, 5) is 17.1. The molecule has 1 aromatic carbocycles. The van der Waals surface area contributed by atoms with Crippen molar-refractivity contribution in [1.29, 1.82) is 0 Å². The Hall–Kier alpha value is -1.65. The average Bonchev–Trinajstić information content (AvgIpc) is 2.99. The van der Waals surface area contributed by atoms with Crippen LogP contribution in [-0.2, 0) is 12.8 Å². The van der Waals surface area contributed by atoms with Crippen LogP contribution in [0.2, 0.25) is 0 Å². The molecule has 4 heteroatoms. The number of carbonyl (C=O) groups is 1. The SMILES string of the molecule is C[C@@H]1CNCCN1C(=O)c1cc2c(s1)-c1ccccc1CC2. The quantitative estimate of drug-likeness (QED) is 0.878. The van der Waals surface area contributed by atoms with Gasteiger partial charge in [-0.3, -0.25) is 4.79 Å². The Bertz CT molecular complexity index is 722. The van der Waals surface area contributed by atoms with Crippen molar-refractivity contribution in [2.75, 3.05) is 19.6 Å². The molecule has 2 aromatic rings. The van der Waals surface area contributed by atoms with Crippen LogP contribution in [0.15, 0.2) is 30.3 Å². The van der Waals surface area contributed by atoms with Gasteiger partial charge in [-0.05, 0) is 42.5 Å². The van der Waals surface area contributed by atoms with Crippen molar-refractivity contribution < 1.29 is 4.79 Å². The lowest BCUT2D eigenvalue weighted by Crippen LogP contribution is -2.52. The second-order valence-electron chi connectivity index (χ2n) is 6.17. The molecule has 1 aliphatic carbocycles. The van der Waals surface area contributed by atoms with Gasteiger partial charge in [-0.1, -0.05) is 24.3 Å². The lowest BCUT2D eigenvalue weighted by atomic mass is 9.91. The second-order valence-corrected chi connectivity index (χ2v) is 7.23. The molecule has 2 aliphatic rings. The molecule has 1 aliphatic heterocycles. The molecule has 0 unspecified atom stereocenters. The van der Waals surface area contributed by atoms with E-state index in [0.29, 0.717) is 0 Å². The van der Waals surface area contributed by atoms with Crippen molar-refractivity contribution in [1.82, 2.24) is 10.2 Å². The third kappa shape index (κ3) is 2.27. The molecule has 0 radical (unpaired) electrons. The Balaban J connectivity index is 1.68. The van der Waals surface area contributed by atoms with Gasteiger partial charge < -0.3 is 10.2 Å². The number of rotatable bonds is 1. The number of hydrogen-bond donors (Lipinski definition) is 1. The van der Waals surface area contributed by atoms with Gasteiger partial charge in [-0.2, -0.15) is 0 Å². The number of piperazine rings is 1. The zero-order valence-corrected chi connectivity index (χ0v) is 13.6. The maximum atomic E-state index is 12.8. The minimum Gasteiger partial charge on any atom is -0.333 e. The third-order valence-corrected chi connectivity index (χ3v) is 5.91. The predicted octanol–water partition coefficient (Wildman–Crippen LogP) is 2.95. The number of benzene rings is 1. The van der Waals surface area contributed by atoms with E-state index in [2.05, 4.69) is 42.6 Å². The lowest BCUT2D eigenvalue weighted by molar-refractivity contribution is 0.0661. The first-order valence-electron chi connectivity index (χ1n) is 7.96. The Morgan fingerprint density at radius 1 is 1.27 bits per heavy atom. The Kier molecular flexibility index (Phi) is 3.51. The van der Waals surface area contributed by atoms with E-state index in [-0.39, 0.29) is 11.9 Å². The molecule has 1 amide bonds. The van der Waals surface area contributed by atoms with Crippen LogP contribution in [-0.4, -0.2) is 36.5 Å². The van der Waals surface area contributed by atoms with Gasteiger partial charge >= 0.3 is 0 Å². The fourth-order valence-corrected chi connectivity index (χ4v) is 4.69. The number of nitrogens with one attached hydrogen (secondary N) is 1. The third-order valence-electron chi connectivity index (χ3n) is 4.71. The lowest BCUT2D eigenvalue weighted by Gasteiger charge is -2.33. The largest absolute Gasteiger partial charge is 0.333 e. The highest BCUT2D eigenvalue weighted by Crippen LogP contribution is 2.39. The van der Waals surface area contributed by atoms with E-state index in [1.165, 1.54) is 21.6 Å². The average molecular weight is 312 g/mol. The van der Waals surface area contributed by atoms with Crippen LogP contribution in [0.3, 0.4) is 0 Å². The maximum absolute atomic E-state index is 12.8. The van der Waals surface area contributed by atoms with Gasteiger partial charge in [-0.15, -0.1) is 11.3 Å². The number of hydrogen-bond acceptors (Lipinski definition) is 3. The summed E-state index contributed by atoms with van der Waals surface area (Å²) in [6, 6.07) is 11.0. The van der Waals surface area contributed by atoms with Gasteiger partial charge in [-0.25, -0.2) is 0 Å². The summed E-state index contributed by atoms with van der Waals surface area (Å²) in [6.45, 7) is 4.70. The standard InChI is InChI=1S/C18H20N2OS/c1-12-11-19-8-9-20(12)18(21)16-10-14-7-6-13-4-2-3-5-15(13)17(14)22-16/h2-5,10,12,19H,6-9,11H2,1H3/t12-/m1/s1. The summed E-state index contributed by atoms with van der Waals surface area (Å²) in [6.07, 6.45) is 2.13. The molecule has 1 saturated heterocycles. The Morgan fingerprint density at radius 2 is 2.09 bits per heavy atom. The summed E-state index contributed by atoms with van der Waals surface area (Å²) in [5.74, 6) is 0.200. The molecule has 1 aromatic heterocycles. The van der Waals surface area contributed by atoms with E-state index < -0.39 is 0 Å². The van der Waals surface area contributed by atoms with Crippen LogP contribution in [0.4, 0.5) is 0 Å². The summed E-state index contributed by atoms with van der Waals surface area (Å²) in [5, 5.41) is 3.34. The molecule has 3 nitrogen and oxygen atoms in total. The van der Waals surface area contributed by atoms with Crippen LogP contribution in [0.1, 0.15) is 27.7 Å². The highest BCUT2D eigenvalue weighted by Gasteiger charge is 2.27. The van der Waals surface area contributed by atoms with Gasteiger partial charge in [0.1, 0.15) is 0 Å². The number of aryl methyl sites for hydroxylation is 2. The molecule has 22 heavy (non-hydrogen) atoms. The monoisotopic (exact) mass is 312 g/mol. The molecular weight excluding hydrogens is 292 g/mol. The molecule has 2 heterocycles. The molecule has 1 N–H and O–H groups in total. The Labute approximate surface area is 135 Å². The van der Waals surface area contributed by atoms with E-state index >= 15 is 0 Å². The molecule has 4 rings (SSSR count). The van der Waals surface area contributed by atoms with E-state index in [0.717, 1.165) is 37.4 Å². The van der Waals surface area contributed by atoms with Crippen LogP contribution in [0.5, 0.6) is 0 Å². The number of amides is 1. The highest BCUT2D eigenvalue weighted by molar-refractivity contribution is 7.17. The summed E-state index contributed by atoms with van der Waals surface area (Å²) >= 11 is 1.67. The molecule has 1 atom stereocenters. The topological polar surface area (TPSA) is 32.3 Å². The van der Waals surface area contributed by atoms with Crippen LogP contribution >= 0.6 is 11.3 Å². The fourth-order valence-electron chi connectivity index (χ4n) is 3.46.